The molecule has 1 unspecified atom stereocenters. The SMILES string of the molecule is CCC(C)(Nc1nc(C)ns1)C(N)=O. The van der Waals surface area contributed by atoms with E-state index in [9.17, 15) is 4.79 Å². The Kier molecular flexibility index (Phi) is 3.05. The van der Waals surface area contributed by atoms with Gasteiger partial charge in [-0.3, -0.25) is 4.79 Å². The minimum atomic E-state index is -0.744. The first kappa shape index (κ1) is 10.9. The van der Waals surface area contributed by atoms with E-state index in [4.69, 9.17) is 5.73 Å². The lowest BCUT2D eigenvalue weighted by molar-refractivity contribution is -0.121. The molecule has 0 aliphatic rings. The number of primary amides is 1. The van der Waals surface area contributed by atoms with Crippen LogP contribution in [0.4, 0.5) is 5.13 Å². The van der Waals surface area contributed by atoms with Gasteiger partial charge in [0.1, 0.15) is 11.4 Å². The fourth-order valence-electron chi connectivity index (χ4n) is 0.908. The first-order valence-corrected chi connectivity index (χ1v) is 5.13. The number of hydrogen-bond donors (Lipinski definition) is 2. The number of carbonyl (C=O) groups is 1. The van der Waals surface area contributed by atoms with E-state index in [1.807, 2.05) is 6.92 Å². The van der Waals surface area contributed by atoms with Gasteiger partial charge in [-0.2, -0.15) is 4.37 Å². The van der Waals surface area contributed by atoms with Gasteiger partial charge < -0.3 is 11.1 Å². The number of rotatable bonds is 4. The zero-order chi connectivity index (χ0) is 10.8. The molecule has 6 heteroatoms. The highest BCUT2D eigenvalue weighted by Crippen LogP contribution is 2.19. The second kappa shape index (κ2) is 3.91. The lowest BCUT2D eigenvalue weighted by atomic mass is 9.99. The normalized spacial score (nSPS) is 14.8. The second-order valence-electron chi connectivity index (χ2n) is 3.32. The third kappa shape index (κ3) is 2.20. The third-order valence-electron chi connectivity index (χ3n) is 2.16. The van der Waals surface area contributed by atoms with Gasteiger partial charge in [0, 0.05) is 11.5 Å². The zero-order valence-electron chi connectivity index (χ0n) is 8.50. The van der Waals surface area contributed by atoms with Gasteiger partial charge >= 0.3 is 0 Å². The smallest absolute Gasteiger partial charge is 0.242 e. The van der Waals surface area contributed by atoms with Crippen LogP contribution in [0.25, 0.3) is 0 Å². The molecule has 14 heavy (non-hydrogen) atoms. The van der Waals surface area contributed by atoms with Crippen molar-refractivity contribution in [3.63, 3.8) is 0 Å². The molecule has 0 aromatic carbocycles. The number of hydrogen-bond acceptors (Lipinski definition) is 5. The molecule has 0 bridgehead atoms. The van der Waals surface area contributed by atoms with Crippen molar-refractivity contribution in [2.75, 3.05) is 5.32 Å². The van der Waals surface area contributed by atoms with Crippen LogP contribution in [-0.4, -0.2) is 20.8 Å². The molecule has 1 rings (SSSR count). The molecule has 78 valence electrons. The number of nitrogens with two attached hydrogens (primary N) is 1. The molecule has 1 aromatic rings. The minimum absolute atomic E-state index is 0.382. The maximum absolute atomic E-state index is 11.2. The first-order valence-electron chi connectivity index (χ1n) is 4.36. The Bertz CT molecular complexity index is 338. The third-order valence-corrected chi connectivity index (χ3v) is 2.88. The summed E-state index contributed by atoms with van der Waals surface area (Å²) in [6.45, 7) is 5.45. The number of anilines is 1. The molecule has 3 N–H and O–H groups in total. The molecule has 0 saturated carbocycles. The van der Waals surface area contributed by atoms with Crippen LogP contribution in [0.5, 0.6) is 0 Å². The van der Waals surface area contributed by atoms with Gasteiger partial charge in [-0.25, -0.2) is 4.98 Å². The van der Waals surface area contributed by atoms with Crippen molar-refractivity contribution in [1.82, 2.24) is 9.36 Å². The summed E-state index contributed by atoms with van der Waals surface area (Å²) >= 11 is 1.23. The summed E-state index contributed by atoms with van der Waals surface area (Å²) in [6, 6.07) is 0. The monoisotopic (exact) mass is 214 g/mol. The Balaban J connectivity index is 2.80. The molecule has 0 fully saturated rings. The fraction of sp³-hybridized carbons (Fsp3) is 0.625. The van der Waals surface area contributed by atoms with E-state index in [1.165, 1.54) is 11.5 Å². The summed E-state index contributed by atoms with van der Waals surface area (Å²) in [5.41, 5.74) is 4.55. The molecule has 0 aliphatic heterocycles. The molecule has 1 atom stereocenters. The molecular weight excluding hydrogens is 200 g/mol. The van der Waals surface area contributed by atoms with Crippen molar-refractivity contribution in [1.29, 1.82) is 0 Å². The standard InChI is InChI=1S/C8H14N4OS/c1-4-8(3,6(9)13)11-7-10-5(2)12-14-7/h4H2,1-3H3,(H2,9,13)(H,10,11,12). The van der Waals surface area contributed by atoms with Gasteiger partial charge in [0.15, 0.2) is 0 Å². The van der Waals surface area contributed by atoms with Crippen molar-refractivity contribution >= 4 is 22.6 Å². The predicted molar refractivity (Wildman–Crippen MR) is 56.2 cm³/mol. The molecule has 0 aliphatic carbocycles. The molecule has 1 aromatic heterocycles. The van der Waals surface area contributed by atoms with E-state index >= 15 is 0 Å². The topological polar surface area (TPSA) is 80.9 Å². The van der Waals surface area contributed by atoms with Crippen molar-refractivity contribution < 1.29 is 4.79 Å². The van der Waals surface area contributed by atoms with Crippen LogP contribution in [0.15, 0.2) is 0 Å². The number of aryl methyl sites for hydroxylation is 1. The summed E-state index contributed by atoms with van der Waals surface area (Å²) in [7, 11) is 0. The maximum Gasteiger partial charge on any atom is 0.242 e. The Morgan fingerprint density at radius 2 is 2.36 bits per heavy atom. The summed E-state index contributed by atoms with van der Waals surface area (Å²) in [4.78, 5) is 15.3. The lowest BCUT2D eigenvalue weighted by Gasteiger charge is -2.24. The quantitative estimate of drug-likeness (QED) is 0.780. The van der Waals surface area contributed by atoms with Gasteiger partial charge in [0.2, 0.25) is 11.0 Å². The highest BCUT2D eigenvalue weighted by Gasteiger charge is 2.29. The predicted octanol–water partition coefficient (Wildman–Crippen LogP) is 0.912. The molecule has 1 heterocycles. The zero-order valence-corrected chi connectivity index (χ0v) is 9.31. The van der Waals surface area contributed by atoms with Crippen LogP contribution in [0.3, 0.4) is 0 Å². The maximum atomic E-state index is 11.2. The van der Waals surface area contributed by atoms with Crippen LogP contribution < -0.4 is 11.1 Å². The largest absolute Gasteiger partial charge is 0.368 e. The summed E-state index contributed by atoms with van der Waals surface area (Å²) in [5.74, 6) is 0.313. The Labute approximate surface area is 86.9 Å². The number of nitrogens with one attached hydrogen (secondary N) is 1. The van der Waals surface area contributed by atoms with E-state index in [0.717, 1.165) is 0 Å². The van der Waals surface area contributed by atoms with Crippen LogP contribution in [0, 0.1) is 6.92 Å². The van der Waals surface area contributed by atoms with Crippen LogP contribution in [-0.2, 0) is 4.79 Å². The summed E-state index contributed by atoms with van der Waals surface area (Å²) in [6.07, 6.45) is 0.612. The average Bonchev–Trinajstić information content (AvgIpc) is 2.50. The Morgan fingerprint density at radius 3 is 2.71 bits per heavy atom. The lowest BCUT2D eigenvalue weighted by Crippen LogP contribution is -2.47. The van der Waals surface area contributed by atoms with Gasteiger partial charge in [0.05, 0.1) is 0 Å². The van der Waals surface area contributed by atoms with Crippen LogP contribution in [0.1, 0.15) is 26.1 Å². The molecule has 1 amide bonds. The van der Waals surface area contributed by atoms with E-state index in [0.29, 0.717) is 17.4 Å². The van der Waals surface area contributed by atoms with E-state index in [1.54, 1.807) is 13.8 Å². The van der Waals surface area contributed by atoms with Crippen molar-refractivity contribution in [3.05, 3.63) is 5.82 Å². The average molecular weight is 214 g/mol. The van der Waals surface area contributed by atoms with Crippen molar-refractivity contribution in [3.8, 4) is 0 Å². The number of aromatic nitrogens is 2. The first-order chi connectivity index (χ1) is 6.48. The molecule has 0 spiro atoms. The van der Waals surface area contributed by atoms with Crippen molar-refractivity contribution in [2.24, 2.45) is 5.73 Å². The Morgan fingerprint density at radius 1 is 1.71 bits per heavy atom. The van der Waals surface area contributed by atoms with E-state index < -0.39 is 5.54 Å². The van der Waals surface area contributed by atoms with Gasteiger partial charge in [-0.15, -0.1) is 0 Å². The van der Waals surface area contributed by atoms with Gasteiger partial charge in [-0.1, -0.05) is 6.92 Å². The highest BCUT2D eigenvalue weighted by molar-refractivity contribution is 7.09. The van der Waals surface area contributed by atoms with Gasteiger partial charge in [0.25, 0.3) is 0 Å². The Hall–Kier alpha value is -1.17. The van der Waals surface area contributed by atoms with Crippen LogP contribution in [0.2, 0.25) is 0 Å². The van der Waals surface area contributed by atoms with E-state index in [-0.39, 0.29) is 5.91 Å². The minimum Gasteiger partial charge on any atom is -0.368 e. The second-order valence-corrected chi connectivity index (χ2v) is 4.07. The highest BCUT2D eigenvalue weighted by atomic mass is 32.1. The summed E-state index contributed by atoms with van der Waals surface area (Å²) in [5, 5.41) is 3.63. The van der Waals surface area contributed by atoms with E-state index in [2.05, 4.69) is 14.7 Å². The number of carbonyl (C=O) groups excluding carboxylic acids is 1. The van der Waals surface area contributed by atoms with Gasteiger partial charge in [-0.05, 0) is 20.3 Å². The molecule has 0 radical (unpaired) electrons. The van der Waals surface area contributed by atoms with Crippen molar-refractivity contribution in [2.45, 2.75) is 32.7 Å². The molecule has 5 nitrogen and oxygen atoms in total. The summed E-state index contributed by atoms with van der Waals surface area (Å²) < 4.78 is 4.01. The van der Waals surface area contributed by atoms with Crippen LogP contribution >= 0.6 is 11.5 Å². The fourth-order valence-corrected chi connectivity index (χ4v) is 1.61. The molecule has 0 saturated heterocycles. The number of nitrogens with zero attached hydrogens (tertiary/aromatic N) is 2. The molecular formula is C8H14N4OS. The number of amides is 1.